The van der Waals surface area contributed by atoms with Gasteiger partial charge in [-0.05, 0) is 81.1 Å². The van der Waals surface area contributed by atoms with E-state index in [0.717, 1.165) is 26.4 Å². The number of rotatable bonds is 2. The lowest BCUT2D eigenvalue weighted by Crippen LogP contribution is -1.95. The largest absolute Gasteiger partial charge is 0.277 e. The fourth-order valence-corrected chi connectivity index (χ4v) is 5.05. The van der Waals surface area contributed by atoms with E-state index in [-0.39, 0.29) is 10.6 Å². The molecule has 0 unspecified atom stereocenters. The molecule has 0 atom stereocenters. The minimum Gasteiger partial charge on any atom is -0.258 e. The summed E-state index contributed by atoms with van der Waals surface area (Å²) in [6, 6.07) is 19.8. The summed E-state index contributed by atoms with van der Waals surface area (Å²) in [5, 5.41) is 18.6. The molecule has 136 valence electrons. The topological polar surface area (TPSA) is 43.1 Å². The predicted octanol–water partition coefficient (Wildman–Crippen LogP) is 7.54. The Hall–Kier alpha value is -2.98. The van der Waals surface area contributed by atoms with Crippen LogP contribution in [-0.4, -0.2) is 4.92 Å². The molecule has 3 nitrogen and oxygen atoms in total. The van der Waals surface area contributed by atoms with E-state index in [4.69, 9.17) is 0 Å². The lowest BCUT2D eigenvalue weighted by molar-refractivity contribution is -0.384. The van der Waals surface area contributed by atoms with E-state index >= 15 is 0 Å². The van der Waals surface area contributed by atoms with E-state index in [1.54, 1.807) is 12.1 Å². The Morgan fingerprint density at radius 2 is 1.32 bits per heavy atom. The Kier molecular flexibility index (Phi) is 3.68. The van der Waals surface area contributed by atoms with Gasteiger partial charge in [-0.15, -0.1) is 0 Å². The normalized spacial score (nSPS) is 11.7. The van der Waals surface area contributed by atoms with E-state index in [0.29, 0.717) is 5.56 Å². The first-order valence-electron chi connectivity index (χ1n) is 9.08. The summed E-state index contributed by atoms with van der Waals surface area (Å²) < 4.78 is 1.07. The molecule has 0 aliphatic heterocycles. The Labute approximate surface area is 170 Å². The summed E-state index contributed by atoms with van der Waals surface area (Å²) in [4.78, 5) is 11.3. The zero-order chi connectivity index (χ0) is 19.6. The van der Waals surface area contributed by atoms with Gasteiger partial charge in [0.05, 0.1) is 10.5 Å². The standard InChI is InChI=1S/C24H16BrNO2/c1-13-11-20(17-5-3-4-6-22(17)26(27)28)18-9-7-16-14(2)12-21(25)19-10-8-15(13)23(18)24(16)19/h3-12H,1-2H3. The van der Waals surface area contributed by atoms with E-state index in [1.807, 2.05) is 12.1 Å². The van der Waals surface area contributed by atoms with Crippen LogP contribution in [0.1, 0.15) is 11.1 Å². The second kappa shape index (κ2) is 6.01. The summed E-state index contributed by atoms with van der Waals surface area (Å²) in [5.74, 6) is 0. The van der Waals surface area contributed by atoms with Crippen molar-refractivity contribution in [2.45, 2.75) is 13.8 Å². The number of para-hydroxylation sites is 1. The third-order valence-corrected chi connectivity index (χ3v) is 6.31. The number of benzene rings is 5. The van der Waals surface area contributed by atoms with Crippen molar-refractivity contribution in [3.8, 4) is 11.1 Å². The second-order valence-electron chi connectivity index (χ2n) is 7.26. The van der Waals surface area contributed by atoms with Crippen molar-refractivity contribution >= 4 is 53.9 Å². The minimum absolute atomic E-state index is 0.134. The molecule has 0 bridgehead atoms. The number of nitro benzene ring substituents is 1. The molecule has 5 aromatic rings. The highest BCUT2D eigenvalue weighted by Gasteiger charge is 2.20. The van der Waals surface area contributed by atoms with Gasteiger partial charge >= 0.3 is 0 Å². The van der Waals surface area contributed by atoms with Gasteiger partial charge in [-0.1, -0.05) is 52.3 Å². The summed E-state index contributed by atoms with van der Waals surface area (Å²) in [5.41, 5.74) is 4.03. The van der Waals surface area contributed by atoms with Gasteiger partial charge in [0.2, 0.25) is 0 Å². The van der Waals surface area contributed by atoms with Gasteiger partial charge in [-0.3, -0.25) is 10.1 Å². The molecule has 0 aromatic heterocycles. The maximum absolute atomic E-state index is 11.6. The van der Waals surface area contributed by atoms with Crippen LogP contribution in [0.3, 0.4) is 0 Å². The van der Waals surface area contributed by atoms with Gasteiger partial charge in [0, 0.05) is 10.5 Å². The van der Waals surface area contributed by atoms with Crippen molar-refractivity contribution in [1.82, 2.24) is 0 Å². The van der Waals surface area contributed by atoms with E-state index in [9.17, 15) is 10.1 Å². The van der Waals surface area contributed by atoms with Gasteiger partial charge < -0.3 is 0 Å². The Morgan fingerprint density at radius 1 is 0.750 bits per heavy atom. The average Bonchev–Trinajstić information content (AvgIpc) is 2.69. The molecule has 5 rings (SSSR count). The van der Waals surface area contributed by atoms with Crippen LogP contribution in [0.2, 0.25) is 0 Å². The number of nitrogens with zero attached hydrogens (tertiary/aromatic N) is 1. The summed E-state index contributed by atoms with van der Waals surface area (Å²) in [6.45, 7) is 4.19. The van der Waals surface area contributed by atoms with Crippen LogP contribution in [-0.2, 0) is 0 Å². The zero-order valence-electron chi connectivity index (χ0n) is 15.4. The quantitative estimate of drug-likeness (QED) is 0.165. The molecule has 0 heterocycles. The first-order chi connectivity index (χ1) is 13.5. The first kappa shape index (κ1) is 17.1. The molecular formula is C24H16BrNO2. The van der Waals surface area contributed by atoms with Crippen LogP contribution in [0, 0.1) is 24.0 Å². The van der Waals surface area contributed by atoms with E-state index < -0.39 is 0 Å². The average molecular weight is 430 g/mol. The number of halogens is 1. The summed E-state index contributed by atoms with van der Waals surface area (Å²) in [7, 11) is 0. The number of hydrogen-bond acceptors (Lipinski definition) is 2. The molecule has 28 heavy (non-hydrogen) atoms. The highest BCUT2D eigenvalue weighted by atomic mass is 79.9. The lowest BCUT2D eigenvalue weighted by Gasteiger charge is -2.18. The molecule has 0 spiro atoms. The van der Waals surface area contributed by atoms with Crippen LogP contribution in [0.4, 0.5) is 5.69 Å². The van der Waals surface area contributed by atoms with Gasteiger partial charge in [0.15, 0.2) is 0 Å². The minimum atomic E-state index is -0.302. The van der Waals surface area contributed by atoms with Gasteiger partial charge in [0.1, 0.15) is 0 Å². The van der Waals surface area contributed by atoms with Crippen molar-refractivity contribution in [1.29, 1.82) is 0 Å². The van der Waals surface area contributed by atoms with Crippen LogP contribution in [0.25, 0.3) is 43.4 Å². The van der Waals surface area contributed by atoms with Crippen molar-refractivity contribution < 1.29 is 4.92 Å². The summed E-state index contributed by atoms with van der Waals surface area (Å²) >= 11 is 3.72. The molecule has 0 saturated carbocycles. The molecule has 0 saturated heterocycles. The Balaban J connectivity index is 2.03. The molecule has 4 heteroatoms. The van der Waals surface area contributed by atoms with Crippen LogP contribution >= 0.6 is 15.9 Å². The number of hydrogen-bond donors (Lipinski definition) is 0. The van der Waals surface area contributed by atoms with E-state index in [2.05, 4.69) is 66.2 Å². The van der Waals surface area contributed by atoms with Gasteiger partial charge in [-0.2, -0.15) is 0 Å². The van der Waals surface area contributed by atoms with Gasteiger partial charge in [-0.25, -0.2) is 0 Å². The molecule has 0 aliphatic carbocycles. The SMILES string of the molecule is Cc1cc(Br)c2ccc3c(C)cc(-c4ccccc4[N+](=O)[O-])c4ccc1c2c34. The van der Waals surface area contributed by atoms with Crippen LogP contribution in [0.5, 0.6) is 0 Å². The maximum Gasteiger partial charge on any atom is 0.277 e. The molecule has 5 aromatic carbocycles. The predicted molar refractivity (Wildman–Crippen MR) is 119 cm³/mol. The smallest absolute Gasteiger partial charge is 0.258 e. The first-order valence-corrected chi connectivity index (χ1v) is 9.87. The highest BCUT2D eigenvalue weighted by molar-refractivity contribution is 9.10. The zero-order valence-corrected chi connectivity index (χ0v) is 17.0. The van der Waals surface area contributed by atoms with Crippen molar-refractivity contribution in [2.75, 3.05) is 0 Å². The van der Waals surface area contributed by atoms with Crippen molar-refractivity contribution in [3.05, 3.63) is 86.4 Å². The van der Waals surface area contributed by atoms with Crippen molar-refractivity contribution in [3.63, 3.8) is 0 Å². The Morgan fingerprint density at radius 3 is 2.04 bits per heavy atom. The maximum atomic E-state index is 11.6. The second-order valence-corrected chi connectivity index (χ2v) is 8.12. The molecule has 0 radical (unpaired) electrons. The molecule has 0 N–H and O–H groups in total. The molecular weight excluding hydrogens is 414 g/mol. The van der Waals surface area contributed by atoms with E-state index in [1.165, 1.54) is 27.1 Å². The molecule has 0 amide bonds. The highest BCUT2D eigenvalue weighted by Crippen LogP contribution is 2.44. The third kappa shape index (κ3) is 2.28. The lowest BCUT2D eigenvalue weighted by atomic mass is 9.86. The van der Waals surface area contributed by atoms with Crippen molar-refractivity contribution in [2.24, 2.45) is 0 Å². The van der Waals surface area contributed by atoms with Crippen LogP contribution < -0.4 is 0 Å². The Bertz CT molecular complexity index is 1400. The van der Waals surface area contributed by atoms with Gasteiger partial charge in [0.25, 0.3) is 5.69 Å². The molecule has 0 aliphatic rings. The number of aryl methyl sites for hydroxylation is 2. The third-order valence-electron chi connectivity index (χ3n) is 5.65. The monoisotopic (exact) mass is 429 g/mol. The fraction of sp³-hybridized carbons (Fsp3) is 0.0833. The van der Waals surface area contributed by atoms with Crippen LogP contribution in [0.15, 0.2) is 65.1 Å². The fourth-order valence-electron chi connectivity index (χ4n) is 4.38. The summed E-state index contributed by atoms with van der Waals surface area (Å²) in [6.07, 6.45) is 0. The molecule has 0 fully saturated rings. The number of nitro groups is 1.